The molecular formula is C26H16Cl2INO7S. The zero-order valence-electron chi connectivity index (χ0n) is 19.5. The number of esters is 1. The molecule has 12 heteroatoms. The second-order valence-electron chi connectivity index (χ2n) is 8.00. The molecule has 3 aromatic rings. The molecule has 38 heavy (non-hydrogen) atoms. The average Bonchev–Trinajstić information content (AvgIpc) is 3.44. The number of methoxy groups -OCH3 is 1. The van der Waals surface area contributed by atoms with E-state index in [0.29, 0.717) is 36.2 Å². The van der Waals surface area contributed by atoms with E-state index in [1.807, 2.05) is 22.6 Å². The van der Waals surface area contributed by atoms with E-state index in [0.717, 1.165) is 16.7 Å². The quantitative estimate of drug-likeness (QED) is 0.121. The second-order valence-corrected chi connectivity index (χ2v) is 11.0. The van der Waals surface area contributed by atoms with E-state index in [-0.39, 0.29) is 35.3 Å². The van der Waals surface area contributed by atoms with Gasteiger partial charge in [-0.25, -0.2) is 4.79 Å². The fourth-order valence-corrected chi connectivity index (χ4v) is 5.71. The van der Waals surface area contributed by atoms with Crippen molar-refractivity contribution < 1.29 is 33.3 Å². The van der Waals surface area contributed by atoms with Crippen LogP contribution in [0.3, 0.4) is 0 Å². The largest absolute Gasteiger partial charge is 0.493 e. The Kier molecular flexibility index (Phi) is 7.75. The number of amides is 2. The van der Waals surface area contributed by atoms with Crippen LogP contribution in [0.25, 0.3) is 6.08 Å². The van der Waals surface area contributed by atoms with E-state index in [4.69, 9.17) is 42.1 Å². The number of rotatable bonds is 6. The van der Waals surface area contributed by atoms with Crippen LogP contribution in [0.5, 0.6) is 23.0 Å². The Morgan fingerprint density at radius 1 is 1.13 bits per heavy atom. The summed E-state index contributed by atoms with van der Waals surface area (Å²) in [7, 11) is 1.44. The third-order valence-electron chi connectivity index (χ3n) is 5.55. The molecule has 2 aliphatic heterocycles. The Hall–Kier alpha value is -2.93. The molecule has 0 radical (unpaired) electrons. The molecule has 194 valence electrons. The van der Waals surface area contributed by atoms with Gasteiger partial charge in [0.15, 0.2) is 23.0 Å². The molecule has 2 aliphatic rings. The number of nitrogens with zero attached hydrogens (tertiary/aromatic N) is 1. The minimum absolute atomic E-state index is 0.0171. The fourth-order valence-electron chi connectivity index (χ4n) is 3.73. The van der Waals surface area contributed by atoms with Gasteiger partial charge in [0.25, 0.3) is 11.1 Å². The number of thioether (sulfide) groups is 1. The summed E-state index contributed by atoms with van der Waals surface area (Å²) in [5.74, 6) is 0.465. The third-order valence-corrected chi connectivity index (χ3v) is 7.84. The Morgan fingerprint density at radius 2 is 1.89 bits per heavy atom. The molecule has 8 nitrogen and oxygen atoms in total. The molecule has 0 atom stereocenters. The molecule has 2 amide bonds. The first kappa shape index (κ1) is 26.7. The average molecular weight is 684 g/mol. The predicted octanol–water partition coefficient (Wildman–Crippen LogP) is 6.79. The van der Waals surface area contributed by atoms with Gasteiger partial charge in [-0.05, 0) is 88.0 Å². The van der Waals surface area contributed by atoms with Gasteiger partial charge in [-0.1, -0.05) is 29.3 Å². The third kappa shape index (κ3) is 5.44. The van der Waals surface area contributed by atoms with E-state index in [2.05, 4.69) is 0 Å². The van der Waals surface area contributed by atoms with Crippen molar-refractivity contribution in [2.45, 2.75) is 6.54 Å². The predicted molar refractivity (Wildman–Crippen MR) is 151 cm³/mol. The summed E-state index contributed by atoms with van der Waals surface area (Å²) in [5.41, 5.74) is 1.43. The van der Waals surface area contributed by atoms with Crippen LogP contribution in [0.1, 0.15) is 21.5 Å². The maximum atomic E-state index is 13.1. The van der Waals surface area contributed by atoms with Crippen molar-refractivity contribution in [1.82, 2.24) is 4.90 Å². The summed E-state index contributed by atoms with van der Waals surface area (Å²) in [6.07, 6.45) is 1.58. The van der Waals surface area contributed by atoms with Crippen LogP contribution in [0.4, 0.5) is 4.79 Å². The Labute approximate surface area is 244 Å². The summed E-state index contributed by atoms with van der Waals surface area (Å²) >= 11 is 15.1. The van der Waals surface area contributed by atoms with Crippen molar-refractivity contribution in [2.75, 3.05) is 13.9 Å². The second kappa shape index (κ2) is 11.0. The molecule has 1 fully saturated rings. The minimum atomic E-state index is -0.597. The number of imide groups is 1. The summed E-state index contributed by atoms with van der Waals surface area (Å²) in [6, 6.07) is 13.0. The van der Waals surface area contributed by atoms with Gasteiger partial charge in [0, 0.05) is 16.1 Å². The van der Waals surface area contributed by atoms with Gasteiger partial charge >= 0.3 is 5.97 Å². The van der Waals surface area contributed by atoms with E-state index >= 15 is 0 Å². The Bertz CT molecular complexity index is 1530. The van der Waals surface area contributed by atoms with Crippen molar-refractivity contribution in [2.24, 2.45) is 0 Å². The lowest BCUT2D eigenvalue weighted by Crippen LogP contribution is -2.27. The molecule has 3 aromatic carbocycles. The first-order chi connectivity index (χ1) is 18.2. The summed E-state index contributed by atoms with van der Waals surface area (Å²) in [6.45, 7) is 0.0665. The van der Waals surface area contributed by atoms with Gasteiger partial charge in [-0.2, -0.15) is 0 Å². The first-order valence-electron chi connectivity index (χ1n) is 10.9. The number of hydrogen-bond acceptors (Lipinski definition) is 8. The lowest BCUT2D eigenvalue weighted by Gasteiger charge is -2.14. The minimum Gasteiger partial charge on any atom is -0.493 e. The monoisotopic (exact) mass is 683 g/mol. The molecule has 0 N–H and O–H groups in total. The van der Waals surface area contributed by atoms with Crippen LogP contribution in [0.15, 0.2) is 53.4 Å². The highest BCUT2D eigenvalue weighted by atomic mass is 127. The fraction of sp³-hybridized carbons (Fsp3) is 0.115. The summed E-state index contributed by atoms with van der Waals surface area (Å²) < 4.78 is 22.3. The van der Waals surface area contributed by atoms with Gasteiger partial charge in [0.1, 0.15) is 0 Å². The van der Waals surface area contributed by atoms with E-state index < -0.39 is 17.1 Å². The molecule has 0 aliphatic carbocycles. The molecule has 0 spiro atoms. The Morgan fingerprint density at radius 3 is 2.63 bits per heavy atom. The molecule has 0 aromatic heterocycles. The lowest BCUT2D eigenvalue weighted by molar-refractivity contribution is -0.123. The first-order valence-corrected chi connectivity index (χ1v) is 13.6. The smallest absolute Gasteiger partial charge is 0.343 e. The molecule has 0 unspecified atom stereocenters. The molecular weight excluding hydrogens is 668 g/mol. The zero-order chi connectivity index (χ0) is 27.0. The van der Waals surface area contributed by atoms with E-state index in [1.54, 1.807) is 48.5 Å². The van der Waals surface area contributed by atoms with Gasteiger partial charge in [0.05, 0.1) is 27.7 Å². The summed E-state index contributed by atoms with van der Waals surface area (Å²) in [4.78, 5) is 39.8. The van der Waals surface area contributed by atoms with Crippen LogP contribution >= 0.6 is 57.6 Å². The van der Waals surface area contributed by atoms with Gasteiger partial charge in [-0.15, -0.1) is 0 Å². The van der Waals surface area contributed by atoms with Crippen LogP contribution in [-0.2, 0) is 11.3 Å². The van der Waals surface area contributed by atoms with Crippen molar-refractivity contribution in [3.8, 4) is 23.0 Å². The van der Waals surface area contributed by atoms with E-state index in [9.17, 15) is 14.4 Å². The number of hydrogen-bond donors (Lipinski definition) is 0. The number of carbonyl (C=O) groups is 3. The highest BCUT2D eigenvalue weighted by molar-refractivity contribution is 14.1. The Balaban J connectivity index is 1.37. The van der Waals surface area contributed by atoms with Crippen molar-refractivity contribution >= 4 is 80.7 Å². The van der Waals surface area contributed by atoms with Gasteiger partial charge in [0.2, 0.25) is 6.79 Å². The van der Waals surface area contributed by atoms with E-state index in [1.165, 1.54) is 13.2 Å². The molecule has 2 heterocycles. The standard InChI is InChI=1S/C26H16Cl2INO7S/c1-34-21-6-13(5-18(29)23(21)37-25(32)14-3-2-4-16(27)8-14)7-22-24(31)30(26(33)38-22)11-15-9-19-20(10-17(15)28)36-12-35-19/h2-10H,11-12H2,1H3/b22-7-. The number of benzene rings is 3. The maximum Gasteiger partial charge on any atom is 0.343 e. The van der Waals surface area contributed by atoms with Crippen molar-refractivity contribution in [3.05, 3.63) is 83.7 Å². The number of ether oxygens (including phenoxy) is 4. The van der Waals surface area contributed by atoms with Gasteiger partial charge < -0.3 is 18.9 Å². The van der Waals surface area contributed by atoms with Crippen molar-refractivity contribution in [3.63, 3.8) is 0 Å². The SMILES string of the molecule is COc1cc(/C=C2\SC(=O)N(Cc3cc4c(cc3Cl)OCO4)C2=O)cc(I)c1OC(=O)c1cccc(Cl)c1. The molecule has 0 bridgehead atoms. The highest BCUT2D eigenvalue weighted by Crippen LogP contribution is 2.40. The normalized spacial score (nSPS) is 15.4. The van der Waals surface area contributed by atoms with Crippen LogP contribution in [-0.4, -0.2) is 35.9 Å². The van der Waals surface area contributed by atoms with Crippen LogP contribution in [0.2, 0.25) is 10.0 Å². The molecule has 0 saturated carbocycles. The number of halogens is 3. The van der Waals surface area contributed by atoms with Crippen LogP contribution in [0, 0.1) is 3.57 Å². The summed E-state index contributed by atoms with van der Waals surface area (Å²) in [5, 5.41) is 0.342. The van der Waals surface area contributed by atoms with Crippen LogP contribution < -0.4 is 18.9 Å². The maximum absolute atomic E-state index is 13.1. The number of fused-ring (bicyclic) bond motifs is 1. The molecule has 5 rings (SSSR count). The van der Waals surface area contributed by atoms with Crippen molar-refractivity contribution in [1.29, 1.82) is 0 Å². The zero-order valence-corrected chi connectivity index (χ0v) is 23.9. The number of carbonyl (C=O) groups excluding carboxylic acids is 3. The topological polar surface area (TPSA) is 91.4 Å². The highest BCUT2D eigenvalue weighted by Gasteiger charge is 2.36. The molecule has 1 saturated heterocycles. The van der Waals surface area contributed by atoms with Gasteiger partial charge in [-0.3, -0.25) is 14.5 Å². The lowest BCUT2D eigenvalue weighted by atomic mass is 10.1.